The van der Waals surface area contributed by atoms with Crippen LogP contribution >= 0.6 is 11.6 Å². The van der Waals surface area contributed by atoms with Crippen LogP contribution in [0.1, 0.15) is 40.3 Å². The van der Waals surface area contributed by atoms with Crippen molar-refractivity contribution in [3.8, 4) is 0 Å². The van der Waals surface area contributed by atoms with Crippen molar-refractivity contribution >= 4 is 23.5 Å². The van der Waals surface area contributed by atoms with E-state index in [2.05, 4.69) is 5.32 Å². The van der Waals surface area contributed by atoms with Gasteiger partial charge in [-0.1, -0.05) is 23.7 Å². The van der Waals surface area contributed by atoms with Gasteiger partial charge in [0.2, 0.25) is 0 Å². The second kappa shape index (κ2) is 6.87. The van der Waals surface area contributed by atoms with Crippen LogP contribution in [-0.4, -0.2) is 21.6 Å². The SMILES string of the molecule is CCn1c(C)cc(C(=O)NC(C(=O)O)c2ccc(Cl)cc2)c1C. The Hall–Kier alpha value is -2.27. The van der Waals surface area contributed by atoms with Crippen LogP contribution in [0.4, 0.5) is 0 Å². The van der Waals surface area contributed by atoms with E-state index >= 15 is 0 Å². The van der Waals surface area contributed by atoms with Gasteiger partial charge in [-0.15, -0.1) is 0 Å². The van der Waals surface area contributed by atoms with E-state index in [1.165, 1.54) is 0 Å². The van der Waals surface area contributed by atoms with Crippen molar-refractivity contribution in [2.24, 2.45) is 0 Å². The largest absolute Gasteiger partial charge is 0.479 e. The molecule has 2 N–H and O–H groups in total. The number of carboxylic acids is 1. The molecule has 2 rings (SSSR count). The predicted molar refractivity (Wildman–Crippen MR) is 88.9 cm³/mol. The summed E-state index contributed by atoms with van der Waals surface area (Å²) in [6.07, 6.45) is 0. The monoisotopic (exact) mass is 334 g/mol. The minimum absolute atomic E-state index is 0.403. The van der Waals surface area contributed by atoms with Gasteiger partial charge in [-0.05, 0) is 44.5 Å². The number of hydrogen-bond acceptors (Lipinski definition) is 2. The Kier molecular flexibility index (Phi) is 5.11. The van der Waals surface area contributed by atoms with Gasteiger partial charge in [-0.2, -0.15) is 0 Å². The summed E-state index contributed by atoms with van der Waals surface area (Å²) in [7, 11) is 0. The molecule has 23 heavy (non-hydrogen) atoms. The number of carbonyl (C=O) groups excluding carboxylic acids is 1. The van der Waals surface area contributed by atoms with Crippen molar-refractivity contribution < 1.29 is 14.7 Å². The Morgan fingerprint density at radius 1 is 1.26 bits per heavy atom. The highest BCUT2D eigenvalue weighted by Crippen LogP contribution is 2.20. The van der Waals surface area contributed by atoms with E-state index in [0.29, 0.717) is 16.1 Å². The molecular formula is C17H19ClN2O3. The standard InChI is InChI=1S/C17H19ClN2O3/c1-4-20-10(2)9-14(11(20)3)16(21)19-15(17(22)23)12-5-7-13(18)8-6-12/h5-9,15H,4H2,1-3H3,(H,19,21)(H,22,23). The number of nitrogens with one attached hydrogen (secondary N) is 1. The number of carbonyl (C=O) groups is 2. The third kappa shape index (κ3) is 3.56. The zero-order valence-corrected chi connectivity index (χ0v) is 14.0. The number of aromatic nitrogens is 1. The van der Waals surface area contributed by atoms with Crippen LogP contribution in [0.3, 0.4) is 0 Å². The fourth-order valence-corrected chi connectivity index (χ4v) is 2.80. The number of halogens is 1. The lowest BCUT2D eigenvalue weighted by atomic mass is 10.1. The number of aliphatic carboxylic acids is 1. The van der Waals surface area contributed by atoms with Crippen molar-refractivity contribution in [1.82, 2.24) is 9.88 Å². The number of aryl methyl sites for hydroxylation is 1. The molecular weight excluding hydrogens is 316 g/mol. The highest BCUT2D eigenvalue weighted by Gasteiger charge is 2.24. The third-order valence-electron chi connectivity index (χ3n) is 3.86. The van der Waals surface area contributed by atoms with E-state index in [-0.39, 0.29) is 0 Å². The summed E-state index contributed by atoms with van der Waals surface area (Å²) in [5.74, 6) is -1.52. The second-order valence-electron chi connectivity index (χ2n) is 5.33. The molecule has 1 heterocycles. The molecule has 1 amide bonds. The first-order valence-corrected chi connectivity index (χ1v) is 7.68. The topological polar surface area (TPSA) is 71.3 Å². The molecule has 0 aliphatic heterocycles. The molecule has 2 aromatic rings. The summed E-state index contributed by atoms with van der Waals surface area (Å²) in [6, 6.07) is 7.04. The van der Waals surface area contributed by atoms with Crippen molar-refractivity contribution in [3.05, 3.63) is 57.9 Å². The summed E-state index contributed by atoms with van der Waals surface area (Å²) in [4.78, 5) is 24.0. The molecule has 1 atom stereocenters. The molecule has 0 bridgehead atoms. The Morgan fingerprint density at radius 3 is 2.35 bits per heavy atom. The first-order chi connectivity index (χ1) is 10.8. The maximum absolute atomic E-state index is 12.5. The molecule has 122 valence electrons. The summed E-state index contributed by atoms with van der Waals surface area (Å²) in [5.41, 5.74) is 2.75. The van der Waals surface area contributed by atoms with Crippen LogP contribution in [0.15, 0.2) is 30.3 Å². The number of hydrogen-bond donors (Lipinski definition) is 2. The molecule has 0 spiro atoms. The van der Waals surface area contributed by atoms with E-state index in [9.17, 15) is 14.7 Å². The average molecular weight is 335 g/mol. The van der Waals surface area contributed by atoms with E-state index in [1.54, 1.807) is 30.3 Å². The van der Waals surface area contributed by atoms with E-state index < -0.39 is 17.9 Å². The molecule has 5 nitrogen and oxygen atoms in total. The van der Waals surface area contributed by atoms with Crippen LogP contribution < -0.4 is 5.32 Å². The van der Waals surface area contributed by atoms with Crippen LogP contribution in [0.25, 0.3) is 0 Å². The minimum atomic E-state index is -1.12. The lowest BCUT2D eigenvalue weighted by Gasteiger charge is -2.15. The number of benzene rings is 1. The molecule has 0 radical (unpaired) electrons. The Bertz CT molecular complexity index is 735. The molecule has 0 saturated carbocycles. The number of nitrogens with zero attached hydrogens (tertiary/aromatic N) is 1. The maximum Gasteiger partial charge on any atom is 0.330 e. The van der Waals surface area contributed by atoms with Crippen LogP contribution in [0.5, 0.6) is 0 Å². The smallest absolute Gasteiger partial charge is 0.330 e. The quantitative estimate of drug-likeness (QED) is 0.881. The number of rotatable bonds is 5. The van der Waals surface area contributed by atoms with Crippen molar-refractivity contribution in [3.63, 3.8) is 0 Å². The first-order valence-electron chi connectivity index (χ1n) is 7.31. The predicted octanol–water partition coefficient (Wildman–Crippen LogP) is 3.33. The maximum atomic E-state index is 12.5. The molecule has 1 aromatic heterocycles. The molecule has 0 saturated heterocycles. The van der Waals surface area contributed by atoms with Crippen LogP contribution in [0, 0.1) is 13.8 Å². The highest BCUT2D eigenvalue weighted by atomic mass is 35.5. The molecule has 1 unspecified atom stereocenters. The zero-order chi connectivity index (χ0) is 17.1. The van der Waals surface area contributed by atoms with Gasteiger partial charge in [0.15, 0.2) is 6.04 Å². The molecule has 0 aliphatic carbocycles. The molecule has 0 fully saturated rings. The molecule has 6 heteroatoms. The van der Waals surface area contributed by atoms with Gasteiger partial charge in [-0.3, -0.25) is 4.79 Å². The first kappa shape index (κ1) is 17.1. The lowest BCUT2D eigenvalue weighted by Crippen LogP contribution is -2.34. The van der Waals surface area contributed by atoms with Crippen molar-refractivity contribution in [1.29, 1.82) is 0 Å². The Labute approximate surface area is 139 Å². The van der Waals surface area contributed by atoms with Gasteiger partial charge in [0.1, 0.15) is 0 Å². The summed E-state index contributed by atoms with van der Waals surface area (Å²) in [6.45, 7) is 6.52. The molecule has 1 aromatic carbocycles. The Morgan fingerprint density at radius 2 is 1.87 bits per heavy atom. The van der Waals surface area contributed by atoms with Gasteiger partial charge in [0, 0.05) is 23.0 Å². The van der Waals surface area contributed by atoms with Gasteiger partial charge >= 0.3 is 5.97 Å². The van der Waals surface area contributed by atoms with E-state index in [0.717, 1.165) is 17.9 Å². The lowest BCUT2D eigenvalue weighted by molar-refractivity contribution is -0.139. The number of amides is 1. The van der Waals surface area contributed by atoms with Gasteiger partial charge < -0.3 is 15.0 Å². The molecule has 0 aliphatic rings. The third-order valence-corrected chi connectivity index (χ3v) is 4.11. The Balaban J connectivity index is 2.29. The zero-order valence-electron chi connectivity index (χ0n) is 13.3. The van der Waals surface area contributed by atoms with E-state index in [1.807, 2.05) is 25.3 Å². The highest BCUT2D eigenvalue weighted by molar-refractivity contribution is 6.30. The van der Waals surface area contributed by atoms with Crippen molar-refractivity contribution in [2.75, 3.05) is 0 Å². The van der Waals surface area contributed by atoms with Gasteiger partial charge in [0.05, 0.1) is 5.56 Å². The normalized spacial score (nSPS) is 12.0. The van der Waals surface area contributed by atoms with Crippen LogP contribution in [-0.2, 0) is 11.3 Å². The second-order valence-corrected chi connectivity index (χ2v) is 5.76. The minimum Gasteiger partial charge on any atom is -0.479 e. The average Bonchev–Trinajstić information content (AvgIpc) is 2.79. The summed E-state index contributed by atoms with van der Waals surface area (Å²) >= 11 is 5.82. The summed E-state index contributed by atoms with van der Waals surface area (Å²) in [5, 5.41) is 12.5. The van der Waals surface area contributed by atoms with E-state index in [4.69, 9.17) is 11.6 Å². The summed E-state index contributed by atoms with van der Waals surface area (Å²) < 4.78 is 2.01. The van der Waals surface area contributed by atoms with Gasteiger partial charge in [-0.25, -0.2) is 4.79 Å². The van der Waals surface area contributed by atoms with Gasteiger partial charge in [0.25, 0.3) is 5.91 Å². The fourth-order valence-electron chi connectivity index (χ4n) is 2.67. The number of carboxylic acid groups (broad SMARTS) is 1. The van der Waals surface area contributed by atoms with Crippen molar-refractivity contribution in [2.45, 2.75) is 33.4 Å². The fraction of sp³-hybridized carbons (Fsp3) is 0.294. The van der Waals surface area contributed by atoms with Crippen LogP contribution in [0.2, 0.25) is 5.02 Å².